The van der Waals surface area contributed by atoms with Gasteiger partial charge in [-0.2, -0.15) is 0 Å². The van der Waals surface area contributed by atoms with Crippen molar-refractivity contribution in [3.8, 4) is 5.69 Å². The Morgan fingerprint density at radius 3 is 2.71 bits per heavy atom. The third-order valence-corrected chi connectivity index (χ3v) is 4.53. The number of aliphatic hydroxyl groups excluding tert-OH is 1. The van der Waals surface area contributed by atoms with Crippen LogP contribution < -0.4 is 0 Å². The average molecular weight is 358 g/mol. The van der Waals surface area contributed by atoms with Gasteiger partial charge in [0.25, 0.3) is 0 Å². The van der Waals surface area contributed by atoms with Gasteiger partial charge in [-0.05, 0) is 30.3 Å². The van der Waals surface area contributed by atoms with Crippen LogP contribution in [0.4, 0.5) is 0 Å². The summed E-state index contributed by atoms with van der Waals surface area (Å²) in [4.78, 5) is 9.16. The van der Waals surface area contributed by atoms with E-state index in [4.69, 9.17) is 23.2 Å². The summed E-state index contributed by atoms with van der Waals surface area (Å²) < 4.78 is 1.94. The van der Waals surface area contributed by atoms with Crippen LogP contribution in [0.15, 0.2) is 48.8 Å². The van der Waals surface area contributed by atoms with Crippen molar-refractivity contribution in [1.82, 2.24) is 14.5 Å². The molecule has 0 amide bonds. The van der Waals surface area contributed by atoms with Gasteiger partial charge in [-0.25, -0.2) is 4.98 Å². The molecule has 1 N–H and O–H groups in total. The number of aromatic nitrogens is 3. The molecule has 4 rings (SSSR count). The van der Waals surface area contributed by atoms with E-state index in [1.165, 1.54) is 0 Å². The van der Waals surface area contributed by atoms with Crippen LogP contribution in [-0.2, 0) is 6.42 Å². The maximum absolute atomic E-state index is 9.35. The summed E-state index contributed by atoms with van der Waals surface area (Å²) in [6.45, 7) is 0.0140. The molecule has 0 saturated carbocycles. The Labute approximate surface area is 148 Å². The minimum Gasteiger partial charge on any atom is -0.396 e. The van der Waals surface area contributed by atoms with Gasteiger partial charge in [-0.15, -0.1) is 0 Å². The highest BCUT2D eigenvalue weighted by atomic mass is 35.5. The number of halogens is 2. The molecule has 6 heteroatoms. The molecule has 2 aromatic heterocycles. The van der Waals surface area contributed by atoms with Crippen molar-refractivity contribution in [3.05, 3.63) is 64.5 Å². The first-order valence-corrected chi connectivity index (χ1v) is 8.25. The third kappa shape index (κ3) is 2.44. The van der Waals surface area contributed by atoms with Gasteiger partial charge in [0.15, 0.2) is 0 Å². The first kappa shape index (κ1) is 15.4. The molecule has 0 aliphatic rings. The Morgan fingerprint density at radius 2 is 1.92 bits per heavy atom. The molecular weight excluding hydrogens is 345 g/mol. The predicted octanol–water partition coefficient (Wildman–Crippen LogP) is 4.42. The fourth-order valence-electron chi connectivity index (χ4n) is 2.92. The van der Waals surface area contributed by atoms with Gasteiger partial charge in [0.2, 0.25) is 0 Å². The topological polar surface area (TPSA) is 50.9 Å². The summed E-state index contributed by atoms with van der Waals surface area (Å²) in [6.07, 6.45) is 2.17. The quantitative estimate of drug-likeness (QED) is 0.590. The molecule has 24 heavy (non-hydrogen) atoms. The Morgan fingerprint density at radius 1 is 1.08 bits per heavy atom. The summed E-state index contributed by atoms with van der Waals surface area (Å²) in [5.74, 6) is 0. The molecule has 0 radical (unpaired) electrons. The summed E-state index contributed by atoms with van der Waals surface area (Å²) in [5.41, 5.74) is 4.04. The summed E-state index contributed by atoms with van der Waals surface area (Å²) >= 11 is 12.6. The van der Waals surface area contributed by atoms with E-state index in [2.05, 4.69) is 9.97 Å². The van der Waals surface area contributed by atoms with Gasteiger partial charge in [-0.3, -0.25) is 9.55 Å². The van der Waals surface area contributed by atoms with E-state index >= 15 is 0 Å². The van der Waals surface area contributed by atoms with E-state index in [-0.39, 0.29) is 6.61 Å². The molecule has 2 heterocycles. The third-order valence-electron chi connectivity index (χ3n) is 3.97. The molecule has 0 unspecified atom stereocenters. The molecule has 0 saturated heterocycles. The monoisotopic (exact) mass is 357 g/mol. The maximum Gasteiger partial charge on any atom is 0.111 e. The summed E-state index contributed by atoms with van der Waals surface area (Å²) in [6, 6.07) is 13.2. The lowest BCUT2D eigenvalue weighted by Gasteiger charge is -2.10. The zero-order valence-electron chi connectivity index (χ0n) is 12.6. The lowest BCUT2D eigenvalue weighted by Crippen LogP contribution is -1.99. The van der Waals surface area contributed by atoms with E-state index < -0.39 is 0 Å². The van der Waals surface area contributed by atoms with Gasteiger partial charge in [-0.1, -0.05) is 35.3 Å². The second kappa shape index (κ2) is 6.06. The largest absolute Gasteiger partial charge is 0.396 e. The lowest BCUT2D eigenvalue weighted by molar-refractivity contribution is 0.299. The van der Waals surface area contributed by atoms with E-state index in [1.54, 1.807) is 6.33 Å². The zero-order chi connectivity index (χ0) is 16.7. The van der Waals surface area contributed by atoms with Crippen LogP contribution in [0.1, 0.15) is 5.69 Å². The van der Waals surface area contributed by atoms with Crippen molar-refractivity contribution in [2.45, 2.75) is 6.42 Å². The van der Waals surface area contributed by atoms with Gasteiger partial charge < -0.3 is 5.11 Å². The highest BCUT2D eigenvalue weighted by molar-refractivity contribution is 6.33. The van der Waals surface area contributed by atoms with Crippen LogP contribution >= 0.6 is 23.2 Å². The molecule has 4 nitrogen and oxygen atoms in total. The normalized spacial score (nSPS) is 11.5. The minimum atomic E-state index is 0.0140. The van der Waals surface area contributed by atoms with Crippen molar-refractivity contribution >= 4 is 45.1 Å². The first-order chi connectivity index (χ1) is 11.7. The number of hydrogen-bond donors (Lipinski definition) is 1. The zero-order valence-corrected chi connectivity index (χ0v) is 14.1. The number of pyridine rings is 1. The molecule has 0 aliphatic carbocycles. The second-order valence-corrected chi connectivity index (χ2v) is 6.30. The number of rotatable bonds is 3. The Balaban J connectivity index is 2.14. The van der Waals surface area contributed by atoms with E-state index in [9.17, 15) is 5.11 Å². The SMILES string of the molecule is OCCc1nc2ccc(Cl)cc2c2c1ncn2-c1ccccc1Cl. The van der Waals surface area contributed by atoms with E-state index in [0.717, 1.165) is 33.3 Å². The highest BCUT2D eigenvalue weighted by Gasteiger charge is 2.16. The van der Waals surface area contributed by atoms with Crippen LogP contribution in [0.25, 0.3) is 27.6 Å². The molecule has 0 fully saturated rings. The summed E-state index contributed by atoms with van der Waals surface area (Å²) in [7, 11) is 0. The maximum atomic E-state index is 9.35. The number of para-hydroxylation sites is 1. The molecular formula is C18H13Cl2N3O. The van der Waals surface area contributed by atoms with Crippen molar-refractivity contribution in [3.63, 3.8) is 0 Å². The fraction of sp³-hybridized carbons (Fsp3) is 0.111. The van der Waals surface area contributed by atoms with Crippen LogP contribution in [0.2, 0.25) is 10.0 Å². The van der Waals surface area contributed by atoms with Crippen molar-refractivity contribution < 1.29 is 5.11 Å². The Hall–Kier alpha value is -2.14. The molecule has 4 aromatic rings. The molecule has 120 valence electrons. The number of benzene rings is 2. The predicted molar refractivity (Wildman–Crippen MR) is 97.2 cm³/mol. The lowest BCUT2D eigenvalue weighted by atomic mass is 10.1. The molecule has 0 bridgehead atoms. The molecule has 0 aliphatic heterocycles. The number of aliphatic hydroxyl groups is 1. The number of imidazole rings is 1. The minimum absolute atomic E-state index is 0.0140. The van der Waals surface area contributed by atoms with E-state index in [1.807, 2.05) is 47.0 Å². The van der Waals surface area contributed by atoms with Gasteiger partial charge >= 0.3 is 0 Å². The number of nitrogens with zero attached hydrogens (tertiary/aromatic N) is 3. The van der Waals surface area contributed by atoms with Crippen LogP contribution in [-0.4, -0.2) is 26.2 Å². The van der Waals surface area contributed by atoms with Crippen LogP contribution in [0, 0.1) is 0 Å². The van der Waals surface area contributed by atoms with Gasteiger partial charge in [0, 0.05) is 23.4 Å². The second-order valence-electron chi connectivity index (χ2n) is 5.46. The molecule has 2 aromatic carbocycles. The summed E-state index contributed by atoms with van der Waals surface area (Å²) in [5, 5.41) is 11.5. The standard InChI is InChI=1S/C18H13Cl2N3O/c19-11-5-6-14-12(9-11)18-17(15(22-14)7-8-24)21-10-23(18)16-4-2-1-3-13(16)20/h1-6,9-10,24H,7-8H2. The Bertz CT molecular complexity index is 1060. The number of fused-ring (bicyclic) bond motifs is 3. The average Bonchev–Trinajstić information content (AvgIpc) is 3.01. The smallest absolute Gasteiger partial charge is 0.111 e. The van der Waals surface area contributed by atoms with E-state index in [0.29, 0.717) is 16.5 Å². The molecule has 0 spiro atoms. The van der Waals surface area contributed by atoms with Crippen molar-refractivity contribution in [2.24, 2.45) is 0 Å². The highest BCUT2D eigenvalue weighted by Crippen LogP contribution is 2.32. The van der Waals surface area contributed by atoms with Gasteiger partial charge in [0.1, 0.15) is 11.8 Å². The van der Waals surface area contributed by atoms with Crippen LogP contribution in [0.3, 0.4) is 0 Å². The number of hydrogen-bond acceptors (Lipinski definition) is 3. The van der Waals surface area contributed by atoms with Crippen molar-refractivity contribution in [2.75, 3.05) is 6.61 Å². The van der Waals surface area contributed by atoms with Gasteiger partial charge in [0.05, 0.1) is 27.4 Å². The molecule has 0 atom stereocenters. The van der Waals surface area contributed by atoms with Crippen molar-refractivity contribution in [1.29, 1.82) is 0 Å². The van der Waals surface area contributed by atoms with Crippen LogP contribution in [0.5, 0.6) is 0 Å². The fourth-order valence-corrected chi connectivity index (χ4v) is 3.32. The Kier molecular flexibility index (Phi) is 3.88. The first-order valence-electron chi connectivity index (χ1n) is 7.50.